The van der Waals surface area contributed by atoms with Gasteiger partial charge >= 0.3 is 0 Å². The number of halogens is 2. The number of hydrogen-bond donors (Lipinski definition) is 1. The second-order valence-electron chi connectivity index (χ2n) is 3.44. The molecule has 0 aromatic heterocycles. The van der Waals surface area contributed by atoms with E-state index in [9.17, 15) is 13.6 Å². The second-order valence-corrected chi connectivity index (χ2v) is 3.44. The summed E-state index contributed by atoms with van der Waals surface area (Å²) >= 11 is 0. The highest BCUT2D eigenvalue weighted by atomic mass is 19.1. The van der Waals surface area contributed by atoms with E-state index in [1.165, 1.54) is 25.5 Å². The monoisotopic (exact) mass is 237 g/mol. The van der Waals surface area contributed by atoms with E-state index < -0.39 is 11.6 Å². The van der Waals surface area contributed by atoms with Crippen LogP contribution in [0.25, 0.3) is 0 Å². The third kappa shape index (κ3) is 2.30. The number of benzene rings is 1. The zero-order valence-electron chi connectivity index (χ0n) is 8.95. The van der Waals surface area contributed by atoms with Crippen LogP contribution in [0.15, 0.2) is 35.1 Å². The van der Waals surface area contributed by atoms with Crippen molar-refractivity contribution in [1.82, 2.24) is 5.01 Å². The first-order valence-corrected chi connectivity index (χ1v) is 4.82. The quantitative estimate of drug-likeness (QED) is 0.796. The lowest BCUT2D eigenvalue weighted by molar-refractivity contribution is -0.124. The number of hydrogen-bond acceptors (Lipinski definition) is 3. The molecule has 2 rings (SSSR count). The molecule has 0 unspecified atom stereocenters. The molecular weight excluding hydrogens is 228 g/mol. The van der Waals surface area contributed by atoms with E-state index in [2.05, 4.69) is 10.4 Å². The Morgan fingerprint density at radius 3 is 2.76 bits per heavy atom. The molecule has 1 aromatic rings. The smallest absolute Gasteiger partial charge is 0.276 e. The van der Waals surface area contributed by atoms with Crippen LogP contribution in [0.1, 0.15) is 0 Å². The van der Waals surface area contributed by atoms with Gasteiger partial charge in [0.2, 0.25) is 0 Å². The highest BCUT2D eigenvalue weighted by molar-refractivity contribution is 6.15. The van der Waals surface area contributed by atoms with Gasteiger partial charge in [-0.2, -0.15) is 5.10 Å². The topological polar surface area (TPSA) is 44.7 Å². The minimum atomic E-state index is -0.724. The third-order valence-electron chi connectivity index (χ3n) is 2.23. The van der Waals surface area contributed by atoms with Crippen molar-refractivity contribution in [3.8, 4) is 0 Å². The van der Waals surface area contributed by atoms with Gasteiger partial charge in [-0.25, -0.2) is 13.8 Å². The van der Waals surface area contributed by atoms with Gasteiger partial charge in [-0.3, -0.25) is 4.79 Å². The van der Waals surface area contributed by atoms with E-state index >= 15 is 0 Å². The molecule has 0 bridgehead atoms. The standard InChI is InChI=1S/C11H9F2N3O/c1-16-11(17)7(6-15-16)5-14-10-3-2-8(12)4-9(10)13/h2-6,14H,1H3. The van der Waals surface area contributed by atoms with E-state index in [4.69, 9.17) is 0 Å². The van der Waals surface area contributed by atoms with Crippen LogP contribution in [0.2, 0.25) is 0 Å². The Balaban J connectivity index is 2.15. The summed E-state index contributed by atoms with van der Waals surface area (Å²) in [5, 5.41) is 7.50. The predicted molar refractivity (Wildman–Crippen MR) is 59.3 cm³/mol. The molecule has 0 atom stereocenters. The predicted octanol–water partition coefficient (Wildman–Crippen LogP) is 1.72. The van der Waals surface area contributed by atoms with Gasteiger partial charge in [0.15, 0.2) is 0 Å². The van der Waals surface area contributed by atoms with Crippen molar-refractivity contribution in [2.45, 2.75) is 0 Å². The van der Waals surface area contributed by atoms with Gasteiger partial charge in [0.25, 0.3) is 5.91 Å². The Hall–Kier alpha value is -2.24. The molecule has 0 fully saturated rings. The van der Waals surface area contributed by atoms with Crippen LogP contribution in [-0.2, 0) is 4.79 Å². The Morgan fingerprint density at radius 2 is 2.18 bits per heavy atom. The summed E-state index contributed by atoms with van der Waals surface area (Å²) in [6.07, 6.45) is 2.68. The number of carbonyl (C=O) groups is 1. The SMILES string of the molecule is CN1N=CC(=CNc2ccc(F)cc2F)C1=O. The van der Waals surface area contributed by atoms with Gasteiger partial charge in [0.1, 0.15) is 11.6 Å². The van der Waals surface area contributed by atoms with Gasteiger partial charge in [0.05, 0.1) is 17.5 Å². The first-order chi connectivity index (χ1) is 8.08. The van der Waals surface area contributed by atoms with Crippen molar-refractivity contribution in [3.63, 3.8) is 0 Å². The highest BCUT2D eigenvalue weighted by Gasteiger charge is 2.18. The average Bonchev–Trinajstić information content (AvgIpc) is 2.59. The summed E-state index contributed by atoms with van der Waals surface area (Å²) in [6.45, 7) is 0. The van der Waals surface area contributed by atoms with Gasteiger partial charge in [-0.05, 0) is 12.1 Å². The molecule has 0 saturated carbocycles. The maximum atomic E-state index is 13.2. The Morgan fingerprint density at radius 1 is 1.41 bits per heavy atom. The molecule has 88 valence electrons. The number of likely N-dealkylation sites (N-methyl/N-ethyl adjacent to an activating group) is 1. The molecule has 1 aromatic carbocycles. The number of anilines is 1. The van der Waals surface area contributed by atoms with Gasteiger partial charge in [-0.1, -0.05) is 0 Å². The Kier molecular flexibility index (Phi) is 2.86. The molecular formula is C11H9F2N3O. The van der Waals surface area contributed by atoms with Crippen molar-refractivity contribution in [2.75, 3.05) is 12.4 Å². The average molecular weight is 237 g/mol. The van der Waals surface area contributed by atoms with E-state index in [1.807, 2.05) is 0 Å². The summed E-state index contributed by atoms with van der Waals surface area (Å²) in [6, 6.07) is 3.14. The van der Waals surface area contributed by atoms with Crippen LogP contribution < -0.4 is 5.32 Å². The summed E-state index contributed by atoms with van der Waals surface area (Å²) in [7, 11) is 1.51. The molecule has 1 amide bonds. The molecule has 1 heterocycles. The lowest BCUT2D eigenvalue weighted by atomic mass is 10.2. The van der Waals surface area contributed by atoms with Gasteiger partial charge in [0, 0.05) is 19.3 Å². The van der Waals surface area contributed by atoms with E-state index in [-0.39, 0.29) is 11.6 Å². The first-order valence-electron chi connectivity index (χ1n) is 4.82. The fourth-order valence-corrected chi connectivity index (χ4v) is 1.30. The first kappa shape index (κ1) is 11.3. The normalized spacial score (nSPS) is 17.0. The lowest BCUT2D eigenvalue weighted by Gasteiger charge is -2.04. The van der Waals surface area contributed by atoms with Crippen LogP contribution in [0, 0.1) is 11.6 Å². The lowest BCUT2D eigenvalue weighted by Crippen LogP contribution is -2.16. The van der Waals surface area contributed by atoms with Crippen molar-refractivity contribution < 1.29 is 13.6 Å². The van der Waals surface area contributed by atoms with E-state index in [0.29, 0.717) is 5.57 Å². The number of nitrogens with one attached hydrogen (secondary N) is 1. The maximum absolute atomic E-state index is 13.2. The van der Waals surface area contributed by atoms with Crippen LogP contribution in [0.5, 0.6) is 0 Å². The van der Waals surface area contributed by atoms with Crippen molar-refractivity contribution in [3.05, 3.63) is 41.6 Å². The summed E-state index contributed by atoms with van der Waals surface area (Å²) < 4.78 is 25.9. The van der Waals surface area contributed by atoms with Crippen molar-refractivity contribution in [1.29, 1.82) is 0 Å². The molecule has 6 heteroatoms. The van der Waals surface area contributed by atoms with Crippen LogP contribution in [0.4, 0.5) is 14.5 Å². The summed E-state index contributed by atoms with van der Waals surface area (Å²) in [4.78, 5) is 11.4. The molecule has 1 aliphatic heterocycles. The van der Waals surface area contributed by atoms with Crippen molar-refractivity contribution >= 4 is 17.8 Å². The zero-order valence-corrected chi connectivity index (χ0v) is 8.95. The minimum absolute atomic E-state index is 0.0923. The van der Waals surface area contributed by atoms with Crippen LogP contribution in [0.3, 0.4) is 0 Å². The summed E-state index contributed by atoms with van der Waals surface area (Å²) in [5.41, 5.74) is 0.394. The molecule has 17 heavy (non-hydrogen) atoms. The molecule has 0 saturated heterocycles. The van der Waals surface area contributed by atoms with Crippen molar-refractivity contribution in [2.24, 2.45) is 5.10 Å². The van der Waals surface area contributed by atoms with Crippen LogP contribution >= 0.6 is 0 Å². The molecule has 0 radical (unpaired) electrons. The maximum Gasteiger partial charge on any atom is 0.276 e. The molecule has 4 nitrogen and oxygen atoms in total. The van der Waals surface area contributed by atoms with E-state index in [1.54, 1.807) is 0 Å². The second kappa shape index (κ2) is 4.32. The van der Waals surface area contributed by atoms with Gasteiger partial charge in [-0.15, -0.1) is 0 Å². The fourth-order valence-electron chi connectivity index (χ4n) is 1.30. The minimum Gasteiger partial charge on any atom is -0.358 e. The Bertz CT molecular complexity index is 525. The molecule has 1 N–H and O–H groups in total. The fraction of sp³-hybridized carbons (Fsp3) is 0.0909. The molecule has 0 aliphatic carbocycles. The molecule has 0 spiro atoms. The Labute approximate surface area is 96.2 Å². The molecule has 1 aliphatic rings. The number of rotatable bonds is 2. The number of carbonyl (C=O) groups excluding carboxylic acids is 1. The number of hydrazone groups is 1. The summed E-state index contributed by atoms with van der Waals surface area (Å²) in [5.74, 6) is -1.67. The third-order valence-corrected chi connectivity index (χ3v) is 2.23. The van der Waals surface area contributed by atoms with E-state index in [0.717, 1.165) is 17.1 Å². The largest absolute Gasteiger partial charge is 0.358 e. The van der Waals surface area contributed by atoms with Crippen LogP contribution in [-0.4, -0.2) is 24.2 Å². The highest BCUT2D eigenvalue weighted by Crippen LogP contribution is 2.16. The number of amides is 1. The van der Waals surface area contributed by atoms with Gasteiger partial charge < -0.3 is 5.32 Å². The zero-order chi connectivity index (χ0) is 12.4. The number of nitrogens with zero attached hydrogens (tertiary/aromatic N) is 2.